The number of anilines is 1. The molecule has 0 bridgehead atoms. The summed E-state index contributed by atoms with van der Waals surface area (Å²) in [7, 11) is 0. The maximum atomic E-state index is 6.58. The van der Waals surface area contributed by atoms with Crippen LogP contribution in [0.5, 0.6) is 0 Å². The van der Waals surface area contributed by atoms with Crippen LogP contribution in [0.2, 0.25) is 10.0 Å². The van der Waals surface area contributed by atoms with Gasteiger partial charge >= 0.3 is 0 Å². The van der Waals surface area contributed by atoms with Gasteiger partial charge in [-0.2, -0.15) is 5.10 Å². The summed E-state index contributed by atoms with van der Waals surface area (Å²) >= 11 is 12.9. The molecule has 0 amide bonds. The highest BCUT2D eigenvalue weighted by molar-refractivity contribution is 6.42. The van der Waals surface area contributed by atoms with Gasteiger partial charge in [-0.1, -0.05) is 41.9 Å². The molecular formula is C19H20Cl2N4. The zero-order chi connectivity index (χ0) is 17.6. The third kappa shape index (κ3) is 2.74. The first kappa shape index (κ1) is 16.6. The number of nitrogens with zero attached hydrogens (tertiary/aromatic N) is 3. The molecule has 6 heteroatoms. The van der Waals surface area contributed by atoms with E-state index in [1.54, 1.807) is 6.20 Å². The van der Waals surface area contributed by atoms with E-state index in [0.717, 1.165) is 41.4 Å². The Kier molecular flexibility index (Phi) is 4.26. The predicted octanol–water partition coefficient (Wildman–Crippen LogP) is 5.09. The van der Waals surface area contributed by atoms with Gasteiger partial charge in [0.1, 0.15) is 11.9 Å². The van der Waals surface area contributed by atoms with Crippen molar-refractivity contribution in [3.8, 4) is 0 Å². The molecule has 1 aromatic heterocycles. The number of aromatic nitrogens is 2. The lowest BCUT2D eigenvalue weighted by Crippen LogP contribution is -2.30. The first-order valence-electron chi connectivity index (χ1n) is 8.47. The molecule has 0 radical (unpaired) electrons. The summed E-state index contributed by atoms with van der Waals surface area (Å²) in [6.45, 7) is 8.57. The summed E-state index contributed by atoms with van der Waals surface area (Å²) in [4.78, 5) is 2.35. The zero-order valence-corrected chi connectivity index (χ0v) is 15.6. The van der Waals surface area contributed by atoms with Crippen molar-refractivity contribution in [1.29, 1.82) is 0 Å². The molecular weight excluding hydrogens is 355 g/mol. The van der Waals surface area contributed by atoms with E-state index in [2.05, 4.69) is 28.8 Å². The lowest BCUT2D eigenvalue weighted by Gasteiger charge is -2.35. The fraction of sp³-hybridized carbons (Fsp3) is 0.316. The highest BCUT2D eigenvalue weighted by Gasteiger charge is 2.33. The van der Waals surface area contributed by atoms with Crippen LogP contribution in [0.25, 0.3) is 0 Å². The minimum Gasteiger partial charge on any atom is -0.372 e. The summed E-state index contributed by atoms with van der Waals surface area (Å²) < 4.78 is 1.96. The summed E-state index contributed by atoms with van der Waals surface area (Å²) in [5, 5.41) is 9.10. The molecule has 130 valence electrons. The maximum Gasteiger partial charge on any atom is 0.129 e. The third-order valence-electron chi connectivity index (χ3n) is 4.98. The van der Waals surface area contributed by atoms with Gasteiger partial charge < -0.3 is 10.2 Å². The molecule has 1 aromatic carbocycles. The summed E-state index contributed by atoms with van der Waals surface area (Å²) in [5.74, 6) is 0.941. The van der Waals surface area contributed by atoms with E-state index < -0.39 is 0 Å². The molecule has 3 heterocycles. The van der Waals surface area contributed by atoms with Crippen LogP contribution in [-0.2, 0) is 0 Å². The molecule has 1 unspecified atom stereocenters. The van der Waals surface area contributed by atoms with Crippen LogP contribution < -0.4 is 5.32 Å². The molecule has 2 aliphatic heterocycles. The summed E-state index contributed by atoms with van der Waals surface area (Å²) in [5.41, 5.74) is 4.16. The SMILES string of the molecule is C=C(C1=C(C)Nc2ccnn2C1c1cccc(Cl)c1Cl)N1CCCC1. The molecule has 0 saturated carbocycles. The van der Waals surface area contributed by atoms with Crippen LogP contribution in [0.3, 0.4) is 0 Å². The van der Waals surface area contributed by atoms with Crippen LogP contribution >= 0.6 is 23.2 Å². The molecule has 25 heavy (non-hydrogen) atoms. The van der Waals surface area contributed by atoms with Gasteiger partial charge in [-0.15, -0.1) is 0 Å². The third-order valence-corrected chi connectivity index (χ3v) is 5.82. The molecule has 4 nitrogen and oxygen atoms in total. The Bertz CT molecular complexity index is 862. The Morgan fingerprint density at radius 3 is 2.76 bits per heavy atom. The van der Waals surface area contributed by atoms with Crippen molar-refractivity contribution >= 4 is 29.0 Å². The van der Waals surface area contributed by atoms with Crippen molar-refractivity contribution in [1.82, 2.24) is 14.7 Å². The average molecular weight is 375 g/mol. The van der Waals surface area contributed by atoms with E-state index in [-0.39, 0.29) is 6.04 Å². The number of benzene rings is 1. The van der Waals surface area contributed by atoms with Gasteiger partial charge in [-0.25, -0.2) is 4.68 Å². The minimum atomic E-state index is -0.148. The first-order valence-corrected chi connectivity index (χ1v) is 9.23. The molecule has 2 aromatic rings. The van der Waals surface area contributed by atoms with Crippen LogP contribution in [0.15, 0.2) is 54.0 Å². The van der Waals surface area contributed by atoms with Crippen molar-refractivity contribution in [2.24, 2.45) is 0 Å². The fourth-order valence-electron chi connectivity index (χ4n) is 3.76. The largest absolute Gasteiger partial charge is 0.372 e. The topological polar surface area (TPSA) is 33.1 Å². The molecule has 1 atom stereocenters. The highest BCUT2D eigenvalue weighted by atomic mass is 35.5. The smallest absolute Gasteiger partial charge is 0.129 e. The molecule has 0 spiro atoms. The standard InChI is InChI=1S/C19H20Cl2N4/c1-12-17(13(2)24-10-3-4-11-24)19(25-16(23-12)8-9-22-25)14-6-5-7-15(20)18(14)21/h5-9,19,23H,2-4,10-11H2,1H3. The van der Waals surface area contributed by atoms with E-state index in [0.29, 0.717) is 10.0 Å². The quantitative estimate of drug-likeness (QED) is 0.811. The van der Waals surface area contributed by atoms with E-state index in [9.17, 15) is 0 Å². The summed E-state index contributed by atoms with van der Waals surface area (Å²) in [6, 6.07) is 7.57. The Morgan fingerprint density at radius 2 is 2.00 bits per heavy atom. The van der Waals surface area contributed by atoms with Crippen molar-refractivity contribution in [3.05, 3.63) is 69.6 Å². The lowest BCUT2D eigenvalue weighted by atomic mass is 9.93. The molecule has 1 saturated heterocycles. The van der Waals surface area contributed by atoms with Crippen molar-refractivity contribution in [2.75, 3.05) is 18.4 Å². The molecule has 2 aliphatic rings. The number of allylic oxidation sites excluding steroid dienone is 2. The van der Waals surface area contributed by atoms with Gasteiger partial charge in [-0.05, 0) is 25.8 Å². The highest BCUT2D eigenvalue weighted by Crippen LogP contribution is 2.43. The normalized spacial score (nSPS) is 19.8. The van der Waals surface area contributed by atoms with Crippen LogP contribution in [0, 0.1) is 0 Å². The first-order chi connectivity index (χ1) is 12.1. The Morgan fingerprint density at radius 1 is 1.24 bits per heavy atom. The van der Waals surface area contributed by atoms with Crippen LogP contribution in [-0.4, -0.2) is 27.8 Å². The van der Waals surface area contributed by atoms with Crippen LogP contribution in [0.1, 0.15) is 31.4 Å². The summed E-state index contributed by atoms with van der Waals surface area (Å²) in [6.07, 6.45) is 4.20. The van der Waals surface area contributed by atoms with Gasteiger partial charge in [-0.3, -0.25) is 0 Å². The number of rotatable bonds is 3. The fourth-order valence-corrected chi connectivity index (χ4v) is 4.17. The number of hydrogen-bond acceptors (Lipinski definition) is 3. The molecule has 1 N–H and O–H groups in total. The van der Waals surface area contributed by atoms with Crippen molar-refractivity contribution in [3.63, 3.8) is 0 Å². The monoisotopic (exact) mass is 374 g/mol. The van der Waals surface area contributed by atoms with E-state index >= 15 is 0 Å². The second kappa shape index (κ2) is 6.43. The van der Waals surface area contributed by atoms with Gasteiger partial charge in [0.2, 0.25) is 0 Å². The van der Waals surface area contributed by atoms with Crippen molar-refractivity contribution in [2.45, 2.75) is 25.8 Å². The average Bonchev–Trinajstić information content (AvgIpc) is 3.27. The van der Waals surface area contributed by atoms with E-state index in [1.807, 2.05) is 28.9 Å². The number of halogens is 2. The van der Waals surface area contributed by atoms with E-state index in [4.69, 9.17) is 23.2 Å². The molecule has 0 aliphatic carbocycles. The zero-order valence-electron chi connectivity index (χ0n) is 14.1. The predicted molar refractivity (Wildman–Crippen MR) is 103 cm³/mol. The van der Waals surface area contributed by atoms with Gasteiger partial charge in [0, 0.05) is 41.7 Å². The van der Waals surface area contributed by atoms with Gasteiger partial charge in [0.25, 0.3) is 0 Å². The second-order valence-electron chi connectivity index (χ2n) is 6.51. The Labute approximate surface area is 157 Å². The number of likely N-dealkylation sites (tertiary alicyclic amines) is 1. The maximum absolute atomic E-state index is 6.58. The Balaban J connectivity index is 1.87. The van der Waals surface area contributed by atoms with E-state index in [1.165, 1.54) is 12.8 Å². The van der Waals surface area contributed by atoms with Gasteiger partial charge in [0.05, 0.1) is 16.2 Å². The molecule has 4 rings (SSSR count). The number of hydrogen-bond donors (Lipinski definition) is 1. The number of nitrogens with one attached hydrogen (secondary N) is 1. The van der Waals surface area contributed by atoms with Crippen molar-refractivity contribution < 1.29 is 0 Å². The van der Waals surface area contributed by atoms with Gasteiger partial charge in [0.15, 0.2) is 0 Å². The second-order valence-corrected chi connectivity index (χ2v) is 7.30. The Hall–Kier alpha value is -1.91. The molecule has 1 fully saturated rings. The minimum absolute atomic E-state index is 0.148. The lowest BCUT2D eigenvalue weighted by molar-refractivity contribution is 0.419. The number of fused-ring (bicyclic) bond motifs is 1. The van der Waals surface area contributed by atoms with Crippen LogP contribution in [0.4, 0.5) is 5.82 Å².